The van der Waals surface area contributed by atoms with E-state index in [4.69, 9.17) is 4.98 Å². The minimum Gasteiger partial charge on any atom is -0.268 e. The van der Waals surface area contributed by atoms with E-state index >= 15 is 0 Å². The largest absolute Gasteiger partial charge is 0.268 e. The van der Waals surface area contributed by atoms with Gasteiger partial charge in [0.05, 0.1) is 17.6 Å². The van der Waals surface area contributed by atoms with Crippen LogP contribution in [0.5, 0.6) is 0 Å². The lowest BCUT2D eigenvalue weighted by Crippen LogP contribution is -2.36. The summed E-state index contributed by atoms with van der Waals surface area (Å²) in [7, 11) is -1.37. The average Bonchev–Trinajstić information content (AvgIpc) is 2.04. The molecule has 0 aliphatic carbocycles. The Morgan fingerprint density at radius 1 is 0.917 bits per heavy atom. The molecule has 0 unspecified atom stereocenters. The summed E-state index contributed by atoms with van der Waals surface area (Å²) in [5, 5.41) is 2.74. The molecule has 1 nitrogen and oxygen atoms in total. The van der Waals surface area contributed by atoms with E-state index in [0.717, 1.165) is 0 Å². The van der Waals surface area contributed by atoms with Gasteiger partial charge >= 0.3 is 0 Å². The highest BCUT2D eigenvalue weighted by Gasteiger charge is 2.05. The van der Waals surface area contributed by atoms with Crippen LogP contribution in [0, 0.1) is 0 Å². The predicted octanol–water partition coefficient (Wildman–Crippen LogP) is 0.469. The fourth-order valence-electron chi connectivity index (χ4n) is 1.11. The van der Waals surface area contributed by atoms with Crippen LogP contribution in [-0.2, 0) is 0 Å². The van der Waals surface area contributed by atoms with Crippen molar-refractivity contribution in [2.75, 3.05) is 0 Å². The number of hydrogen-bond acceptors (Lipinski definition) is 1. The van der Waals surface area contributed by atoms with Crippen LogP contribution in [0.1, 0.15) is 0 Å². The van der Waals surface area contributed by atoms with E-state index in [-0.39, 0.29) is 0 Å². The van der Waals surface area contributed by atoms with Crippen molar-refractivity contribution in [2.24, 2.45) is 0 Å². The van der Waals surface area contributed by atoms with Crippen LogP contribution in [0.3, 0.4) is 0 Å². The molecule has 1 aromatic heterocycles. The first kappa shape index (κ1) is 9.67. The smallest absolute Gasteiger partial charge is 0.0884 e. The van der Waals surface area contributed by atoms with Gasteiger partial charge in [0.25, 0.3) is 0 Å². The van der Waals surface area contributed by atoms with Gasteiger partial charge in [-0.05, 0) is 12.1 Å². The Balaban J connectivity index is 2.96. The third-order valence-corrected chi connectivity index (χ3v) is 4.98. The minimum absolute atomic E-state index is 0.687. The summed E-state index contributed by atoms with van der Waals surface area (Å²) >= 11 is 0. The molecule has 1 aromatic rings. The highest BCUT2D eigenvalue weighted by atomic mass is 28.3. The fourth-order valence-corrected chi connectivity index (χ4v) is 3.07. The number of rotatable bonds is 2. The van der Waals surface area contributed by atoms with E-state index in [2.05, 4.69) is 44.4 Å². The van der Waals surface area contributed by atoms with Gasteiger partial charge < -0.3 is 0 Å². The van der Waals surface area contributed by atoms with Crippen LogP contribution in [0.15, 0.2) is 18.2 Å². The Kier molecular flexibility index (Phi) is 3.23. The lowest BCUT2D eigenvalue weighted by Gasteiger charge is -2.07. The highest BCUT2D eigenvalue weighted by Crippen LogP contribution is 1.85. The Hall–Kier alpha value is -0.416. The number of nitrogens with zero attached hydrogens (tertiary/aromatic N) is 1. The van der Waals surface area contributed by atoms with Crippen molar-refractivity contribution in [1.29, 1.82) is 0 Å². The van der Waals surface area contributed by atoms with Gasteiger partial charge in [-0.3, -0.25) is 4.98 Å². The van der Waals surface area contributed by atoms with E-state index in [1.807, 2.05) is 0 Å². The van der Waals surface area contributed by atoms with Gasteiger partial charge in [-0.25, -0.2) is 0 Å². The van der Waals surface area contributed by atoms with E-state index < -0.39 is 17.6 Å². The van der Waals surface area contributed by atoms with Crippen molar-refractivity contribution >= 4 is 28.2 Å². The first-order chi connectivity index (χ1) is 5.61. The van der Waals surface area contributed by atoms with Gasteiger partial charge in [-0.15, -0.1) is 0 Å². The minimum atomic E-state index is -0.687. The van der Waals surface area contributed by atoms with E-state index in [0.29, 0.717) is 0 Å². The average molecular weight is 195 g/mol. The molecule has 0 aliphatic rings. The summed E-state index contributed by atoms with van der Waals surface area (Å²) in [6.45, 7) is 9.31. The molecule has 0 fully saturated rings. The van der Waals surface area contributed by atoms with Gasteiger partial charge in [0, 0.05) is 10.6 Å². The molecule has 12 heavy (non-hydrogen) atoms. The molecule has 1 rings (SSSR count). The van der Waals surface area contributed by atoms with Crippen LogP contribution in [0.25, 0.3) is 0 Å². The van der Waals surface area contributed by atoms with Crippen LogP contribution < -0.4 is 10.6 Å². The van der Waals surface area contributed by atoms with E-state index in [9.17, 15) is 0 Å². The summed E-state index contributed by atoms with van der Waals surface area (Å²) in [5.41, 5.74) is 0. The van der Waals surface area contributed by atoms with Gasteiger partial charge in [-0.2, -0.15) is 0 Å². The number of pyridine rings is 1. The van der Waals surface area contributed by atoms with Crippen molar-refractivity contribution < 1.29 is 0 Å². The Bertz CT molecular complexity index is 235. The molecule has 0 bridgehead atoms. The van der Waals surface area contributed by atoms with Crippen LogP contribution >= 0.6 is 0 Å². The molecule has 3 heteroatoms. The second kappa shape index (κ2) is 4.00. The normalized spacial score (nSPS) is 11.2. The molecule has 0 spiro atoms. The highest BCUT2D eigenvalue weighted by molar-refractivity contribution is 6.72. The maximum Gasteiger partial charge on any atom is 0.0884 e. The fraction of sp³-hybridized carbons (Fsp3) is 0.444. The van der Waals surface area contributed by atoms with Crippen molar-refractivity contribution in [3.63, 3.8) is 0 Å². The molecule has 66 valence electrons. The van der Waals surface area contributed by atoms with Crippen molar-refractivity contribution in [2.45, 2.75) is 26.2 Å². The van der Waals surface area contributed by atoms with Crippen LogP contribution in [-0.4, -0.2) is 22.6 Å². The Labute approximate surface area is 78.1 Å². The first-order valence-electron chi connectivity index (χ1n) is 4.58. The summed E-state index contributed by atoms with van der Waals surface area (Å²) in [4.78, 5) is 4.70. The lowest BCUT2D eigenvalue weighted by atomic mass is 10.5. The predicted molar refractivity (Wildman–Crippen MR) is 61.3 cm³/mol. The van der Waals surface area contributed by atoms with Gasteiger partial charge in [0.1, 0.15) is 0 Å². The molecule has 0 aliphatic heterocycles. The molecule has 0 saturated carbocycles. The molecule has 0 N–H and O–H groups in total. The molecule has 0 atom stereocenters. The SMILES string of the molecule is C[SiH](C)c1cccc([SiH](C)C)n1. The third kappa shape index (κ3) is 2.28. The molecule has 0 radical (unpaired) electrons. The standard InChI is InChI=1S/C9H17NSi2/c1-11(2)8-6-5-7-9(10-8)12(3)4/h5-7,11-12H,1-4H3. The van der Waals surface area contributed by atoms with Crippen molar-refractivity contribution in [3.8, 4) is 0 Å². The van der Waals surface area contributed by atoms with Crippen LogP contribution in [0.2, 0.25) is 26.2 Å². The second-order valence-electron chi connectivity index (χ2n) is 3.80. The summed E-state index contributed by atoms with van der Waals surface area (Å²) < 4.78 is 0. The van der Waals surface area contributed by atoms with Gasteiger partial charge in [0.15, 0.2) is 0 Å². The second-order valence-corrected chi connectivity index (χ2v) is 9.60. The summed E-state index contributed by atoms with van der Waals surface area (Å²) in [5.74, 6) is 0. The zero-order valence-electron chi connectivity index (χ0n) is 8.33. The zero-order valence-corrected chi connectivity index (χ0v) is 10.6. The third-order valence-electron chi connectivity index (χ3n) is 1.98. The monoisotopic (exact) mass is 195 g/mol. The number of hydrogen-bond donors (Lipinski definition) is 0. The molecule has 1 heterocycles. The van der Waals surface area contributed by atoms with Gasteiger partial charge in [0.2, 0.25) is 0 Å². The molecule has 0 saturated heterocycles. The molecule has 0 aromatic carbocycles. The summed E-state index contributed by atoms with van der Waals surface area (Å²) in [6, 6.07) is 6.52. The summed E-state index contributed by atoms with van der Waals surface area (Å²) in [6.07, 6.45) is 0. The quantitative estimate of drug-likeness (QED) is 0.625. The van der Waals surface area contributed by atoms with Crippen molar-refractivity contribution in [3.05, 3.63) is 18.2 Å². The molecular weight excluding hydrogens is 178 g/mol. The van der Waals surface area contributed by atoms with E-state index in [1.165, 1.54) is 10.6 Å². The topological polar surface area (TPSA) is 12.9 Å². The molecular formula is C9H17NSi2. The number of aromatic nitrogens is 1. The van der Waals surface area contributed by atoms with Crippen LogP contribution in [0.4, 0.5) is 0 Å². The van der Waals surface area contributed by atoms with Gasteiger partial charge in [-0.1, -0.05) is 32.3 Å². The Morgan fingerprint density at radius 3 is 1.67 bits per heavy atom. The first-order valence-corrected chi connectivity index (χ1v) is 10.4. The molecule has 0 amide bonds. The zero-order chi connectivity index (χ0) is 9.14. The van der Waals surface area contributed by atoms with Crippen molar-refractivity contribution in [1.82, 2.24) is 4.98 Å². The Morgan fingerprint density at radius 2 is 1.33 bits per heavy atom. The lowest BCUT2D eigenvalue weighted by molar-refractivity contribution is 1.42. The van der Waals surface area contributed by atoms with E-state index in [1.54, 1.807) is 0 Å². The maximum atomic E-state index is 4.70. The maximum absolute atomic E-state index is 4.70.